The summed E-state index contributed by atoms with van der Waals surface area (Å²) in [5.74, 6) is 0. The smallest absolute Gasteiger partial charge is 0.180 e. The maximum Gasteiger partial charge on any atom is 0.180 e. The molecule has 1 aromatic rings. The molecule has 0 saturated heterocycles. The highest BCUT2D eigenvalue weighted by Crippen LogP contribution is 2.47. The molecule has 0 aliphatic heterocycles. The van der Waals surface area contributed by atoms with Gasteiger partial charge < -0.3 is 5.11 Å². The number of hydrogen-bond acceptors (Lipinski definition) is 3. The van der Waals surface area contributed by atoms with E-state index in [0.29, 0.717) is 4.90 Å². The normalized spacial score (nSPS) is 18.4. The van der Waals surface area contributed by atoms with Crippen molar-refractivity contribution >= 4 is 9.84 Å². The Balaban J connectivity index is 2.31. The van der Waals surface area contributed by atoms with Crippen LogP contribution in [0.2, 0.25) is 0 Å². The van der Waals surface area contributed by atoms with Gasteiger partial charge in [0, 0.05) is 5.41 Å². The quantitative estimate of drug-likeness (QED) is 0.892. The molecule has 4 heteroatoms. The summed E-state index contributed by atoms with van der Waals surface area (Å²) < 4.78 is 23.9. The van der Waals surface area contributed by atoms with E-state index in [9.17, 15) is 13.5 Å². The number of hydrogen-bond donors (Lipinski definition) is 1. The molecule has 0 bridgehead atoms. The monoisotopic (exact) mass is 254 g/mol. The molecule has 0 atom stereocenters. The summed E-state index contributed by atoms with van der Waals surface area (Å²) >= 11 is 0. The lowest BCUT2D eigenvalue weighted by Crippen LogP contribution is -2.15. The van der Waals surface area contributed by atoms with Crippen molar-refractivity contribution in [2.75, 3.05) is 6.61 Å². The van der Waals surface area contributed by atoms with Crippen LogP contribution in [-0.4, -0.2) is 25.4 Å². The van der Waals surface area contributed by atoms with Gasteiger partial charge in [0.25, 0.3) is 0 Å². The van der Waals surface area contributed by atoms with Crippen molar-refractivity contribution in [2.24, 2.45) is 0 Å². The summed E-state index contributed by atoms with van der Waals surface area (Å²) in [6, 6.07) is 6.97. The lowest BCUT2D eigenvalue weighted by Gasteiger charge is -2.13. The van der Waals surface area contributed by atoms with Gasteiger partial charge in [-0.2, -0.15) is 0 Å². The third-order valence-electron chi connectivity index (χ3n) is 3.57. The Morgan fingerprint density at radius 1 is 1.24 bits per heavy atom. The van der Waals surface area contributed by atoms with E-state index in [-0.39, 0.29) is 12.0 Å². The van der Waals surface area contributed by atoms with E-state index < -0.39 is 15.1 Å². The largest absolute Gasteiger partial charge is 0.395 e. The Morgan fingerprint density at radius 3 is 2.12 bits per heavy atom. The predicted octanol–water partition coefficient (Wildman–Crippen LogP) is 1.89. The van der Waals surface area contributed by atoms with Crippen LogP contribution in [0, 0.1) is 0 Å². The molecule has 17 heavy (non-hydrogen) atoms. The lowest BCUT2D eigenvalue weighted by molar-refractivity contribution is 0.255. The first-order valence-corrected chi connectivity index (χ1v) is 7.42. The third-order valence-corrected chi connectivity index (χ3v) is 5.74. The van der Waals surface area contributed by atoms with Crippen LogP contribution in [-0.2, 0) is 15.3 Å². The van der Waals surface area contributed by atoms with Crippen molar-refractivity contribution in [3.8, 4) is 0 Å². The molecule has 0 unspecified atom stereocenters. The van der Waals surface area contributed by atoms with Crippen molar-refractivity contribution in [2.45, 2.75) is 42.2 Å². The van der Waals surface area contributed by atoms with Crippen molar-refractivity contribution < 1.29 is 13.5 Å². The third kappa shape index (κ3) is 2.11. The van der Waals surface area contributed by atoms with Crippen LogP contribution < -0.4 is 0 Å². The summed E-state index contributed by atoms with van der Waals surface area (Å²) in [6.07, 6.45) is 1.97. The van der Waals surface area contributed by atoms with Crippen LogP contribution >= 0.6 is 0 Å². The first-order chi connectivity index (χ1) is 7.92. The van der Waals surface area contributed by atoms with Crippen LogP contribution in [0.15, 0.2) is 29.2 Å². The second kappa shape index (κ2) is 4.10. The summed E-state index contributed by atoms with van der Waals surface area (Å²) in [5, 5.41) is 8.91. The standard InChI is InChI=1S/C13H18O3S/c1-10(2)17(15,16)12-5-3-11(4-6-12)13(9-14)7-8-13/h3-6,10,14H,7-9H2,1-2H3. The first kappa shape index (κ1) is 12.6. The molecule has 0 aromatic heterocycles. The van der Waals surface area contributed by atoms with Crippen molar-refractivity contribution in [1.82, 2.24) is 0 Å². The molecule has 1 N–H and O–H groups in total. The van der Waals surface area contributed by atoms with Crippen LogP contribution in [0.25, 0.3) is 0 Å². The molecule has 1 fully saturated rings. The zero-order chi connectivity index (χ0) is 12.7. The van der Waals surface area contributed by atoms with E-state index in [4.69, 9.17) is 0 Å². The number of aliphatic hydroxyl groups excluding tert-OH is 1. The van der Waals surface area contributed by atoms with Gasteiger partial charge in [0.15, 0.2) is 9.84 Å². The Labute approximate surface area is 102 Å². The van der Waals surface area contributed by atoms with Crippen molar-refractivity contribution in [3.05, 3.63) is 29.8 Å². The molecule has 0 radical (unpaired) electrons. The lowest BCUT2D eigenvalue weighted by atomic mass is 9.97. The van der Waals surface area contributed by atoms with Crippen LogP contribution in [0.5, 0.6) is 0 Å². The summed E-state index contributed by atoms with van der Waals surface area (Å²) in [4.78, 5) is 0.366. The predicted molar refractivity (Wildman–Crippen MR) is 66.8 cm³/mol. The highest BCUT2D eigenvalue weighted by molar-refractivity contribution is 7.92. The molecule has 0 spiro atoms. The van der Waals surface area contributed by atoms with Gasteiger partial charge in [-0.15, -0.1) is 0 Å². The Hall–Kier alpha value is -0.870. The maximum absolute atomic E-state index is 11.9. The van der Waals surface area contributed by atoms with Gasteiger partial charge in [-0.1, -0.05) is 12.1 Å². The minimum absolute atomic E-state index is 0.0971. The first-order valence-electron chi connectivity index (χ1n) is 5.88. The molecule has 1 aliphatic rings. The minimum atomic E-state index is -3.19. The summed E-state index contributed by atoms with van der Waals surface area (Å²) in [7, 11) is -3.19. The van der Waals surface area contributed by atoms with Crippen LogP contribution in [0.4, 0.5) is 0 Å². The summed E-state index contributed by atoms with van der Waals surface area (Å²) in [5.41, 5.74) is 0.947. The Bertz CT molecular complexity index is 496. The zero-order valence-corrected chi connectivity index (χ0v) is 11.0. The molecule has 1 saturated carbocycles. The minimum Gasteiger partial charge on any atom is -0.395 e. The number of aliphatic hydroxyl groups is 1. The van der Waals surface area contributed by atoms with E-state index in [0.717, 1.165) is 18.4 Å². The Morgan fingerprint density at radius 2 is 1.76 bits per heavy atom. The van der Waals surface area contributed by atoms with Crippen LogP contribution in [0.1, 0.15) is 32.3 Å². The van der Waals surface area contributed by atoms with Gasteiger partial charge in [0.1, 0.15) is 0 Å². The van der Waals surface area contributed by atoms with Crippen molar-refractivity contribution in [1.29, 1.82) is 0 Å². The fraction of sp³-hybridized carbons (Fsp3) is 0.538. The molecule has 94 valence electrons. The SMILES string of the molecule is CC(C)S(=O)(=O)c1ccc(C2(CO)CC2)cc1. The fourth-order valence-electron chi connectivity index (χ4n) is 1.96. The van der Waals surface area contributed by atoms with E-state index in [1.165, 1.54) is 0 Å². The van der Waals surface area contributed by atoms with Gasteiger partial charge in [0.2, 0.25) is 0 Å². The van der Waals surface area contributed by atoms with E-state index in [1.54, 1.807) is 26.0 Å². The van der Waals surface area contributed by atoms with Crippen LogP contribution in [0.3, 0.4) is 0 Å². The highest BCUT2D eigenvalue weighted by atomic mass is 32.2. The average Bonchev–Trinajstić information content (AvgIpc) is 3.10. The second-order valence-corrected chi connectivity index (χ2v) is 7.56. The molecule has 2 rings (SSSR count). The van der Waals surface area contributed by atoms with E-state index in [2.05, 4.69) is 0 Å². The van der Waals surface area contributed by atoms with Crippen molar-refractivity contribution in [3.63, 3.8) is 0 Å². The van der Waals surface area contributed by atoms with Gasteiger partial charge >= 0.3 is 0 Å². The number of sulfone groups is 1. The number of rotatable bonds is 4. The summed E-state index contributed by atoms with van der Waals surface area (Å²) in [6.45, 7) is 3.50. The molecular formula is C13H18O3S. The molecule has 0 amide bonds. The van der Waals surface area contributed by atoms with Gasteiger partial charge in [0.05, 0.1) is 16.8 Å². The fourth-order valence-corrected chi connectivity index (χ4v) is 3.02. The van der Waals surface area contributed by atoms with E-state index in [1.807, 2.05) is 12.1 Å². The number of benzene rings is 1. The molecule has 0 heterocycles. The maximum atomic E-state index is 11.9. The Kier molecular flexibility index (Phi) is 3.04. The van der Waals surface area contributed by atoms with Gasteiger partial charge in [-0.25, -0.2) is 8.42 Å². The second-order valence-electron chi connectivity index (χ2n) is 5.06. The topological polar surface area (TPSA) is 54.4 Å². The molecule has 1 aromatic carbocycles. The molecule has 3 nitrogen and oxygen atoms in total. The van der Waals surface area contributed by atoms with Gasteiger partial charge in [-0.05, 0) is 44.4 Å². The zero-order valence-electron chi connectivity index (χ0n) is 10.2. The average molecular weight is 254 g/mol. The molecule has 1 aliphatic carbocycles. The highest BCUT2D eigenvalue weighted by Gasteiger charge is 2.43. The van der Waals surface area contributed by atoms with E-state index >= 15 is 0 Å². The molecular weight excluding hydrogens is 236 g/mol. The van der Waals surface area contributed by atoms with Gasteiger partial charge in [-0.3, -0.25) is 0 Å².